The topological polar surface area (TPSA) is 214 Å². The number of allylic oxidation sites excluding steroid dienone is 8. The molecular weight excluding hydrogens is 909 g/mol. The zero-order valence-corrected chi connectivity index (χ0v) is 44.2. The van der Waals surface area contributed by atoms with Crippen molar-refractivity contribution in [3.8, 4) is 0 Å². The van der Waals surface area contributed by atoms with Gasteiger partial charge in [0, 0.05) is 13.0 Å². The van der Waals surface area contributed by atoms with Gasteiger partial charge in [0.1, 0.15) is 54.9 Å². The number of hydrogen-bond donors (Lipinski definition) is 7. The van der Waals surface area contributed by atoms with Gasteiger partial charge in [-0.1, -0.05) is 197 Å². The van der Waals surface area contributed by atoms with Crippen LogP contribution in [0.15, 0.2) is 48.6 Å². The molecule has 0 aromatic rings. The van der Waals surface area contributed by atoms with Crippen molar-refractivity contribution in [1.82, 2.24) is 0 Å². The van der Waals surface area contributed by atoms with Crippen LogP contribution in [0.25, 0.3) is 0 Å². The van der Waals surface area contributed by atoms with Gasteiger partial charge >= 0.3 is 5.97 Å². The number of aliphatic hydroxyl groups excluding tert-OH is 7. The molecule has 0 amide bonds. The van der Waals surface area contributed by atoms with E-state index < -0.39 is 80.7 Å². The Labute approximate surface area is 429 Å². The number of hydrogen-bond acceptors (Lipinski definition) is 14. The zero-order valence-electron chi connectivity index (χ0n) is 44.2. The molecule has 2 aliphatic rings. The van der Waals surface area contributed by atoms with E-state index in [1.807, 2.05) is 0 Å². The first kappa shape index (κ1) is 65.1. The fraction of sp³-hybridized carbons (Fsp3) is 0.842. The zero-order chi connectivity index (χ0) is 51.6. The molecule has 14 nitrogen and oxygen atoms in total. The van der Waals surface area contributed by atoms with E-state index in [9.17, 15) is 40.5 Å². The van der Waals surface area contributed by atoms with Crippen molar-refractivity contribution in [1.29, 1.82) is 0 Å². The standard InChI is InChI=1S/C57H102O14/c1-3-5-7-9-11-13-15-17-19-21-22-23-25-27-29-31-33-35-37-39-41-66-43-46(69-49(59)40-38-36-34-32-30-28-26-24-20-18-16-14-12-10-8-6-4-2)44-67-56-55(65)53(63)51(61)48(71-56)45-68-57-54(64)52(62)50(60)47(42-58)70-57/h5,7,11,13,17,19,22-23,46-48,50-58,60-65H,3-4,6,8-10,12,14-16,18,20-21,24-45H2,1-2H3/b7-5-,13-11-,19-17-,23-22-. The van der Waals surface area contributed by atoms with Crippen LogP contribution in [0, 0.1) is 0 Å². The van der Waals surface area contributed by atoms with Crippen molar-refractivity contribution in [3.05, 3.63) is 48.6 Å². The summed E-state index contributed by atoms with van der Waals surface area (Å²) in [5, 5.41) is 72.3. The maximum atomic E-state index is 13.1. The highest BCUT2D eigenvalue weighted by molar-refractivity contribution is 5.69. The normalized spacial score (nSPS) is 25.6. The molecule has 0 aromatic heterocycles. The van der Waals surface area contributed by atoms with Gasteiger partial charge in [0.15, 0.2) is 12.6 Å². The van der Waals surface area contributed by atoms with Gasteiger partial charge in [-0.05, 0) is 51.4 Å². The van der Waals surface area contributed by atoms with Crippen LogP contribution in [-0.2, 0) is 33.2 Å². The van der Waals surface area contributed by atoms with E-state index in [0.29, 0.717) is 13.0 Å². The van der Waals surface area contributed by atoms with E-state index in [4.69, 9.17) is 28.4 Å². The molecule has 11 unspecified atom stereocenters. The van der Waals surface area contributed by atoms with Gasteiger partial charge in [0.25, 0.3) is 0 Å². The minimum absolute atomic E-state index is 0.0553. The summed E-state index contributed by atoms with van der Waals surface area (Å²) in [4.78, 5) is 13.1. The lowest BCUT2D eigenvalue weighted by Crippen LogP contribution is -2.61. The number of carbonyl (C=O) groups excluding carboxylic acids is 1. The second-order valence-corrected chi connectivity index (χ2v) is 19.7. The summed E-state index contributed by atoms with van der Waals surface area (Å²) < 4.78 is 34.4. The largest absolute Gasteiger partial charge is 0.457 e. The Hall–Kier alpha value is -2.05. The molecule has 0 aliphatic carbocycles. The molecule has 0 bridgehead atoms. The van der Waals surface area contributed by atoms with E-state index in [-0.39, 0.29) is 25.6 Å². The van der Waals surface area contributed by atoms with Crippen LogP contribution in [0.1, 0.15) is 206 Å². The molecule has 2 saturated heterocycles. The van der Waals surface area contributed by atoms with Crippen molar-refractivity contribution in [3.63, 3.8) is 0 Å². The molecule has 414 valence electrons. The van der Waals surface area contributed by atoms with Gasteiger partial charge in [0.2, 0.25) is 0 Å². The number of unbranched alkanes of at least 4 members (excludes halogenated alkanes) is 23. The van der Waals surface area contributed by atoms with Crippen LogP contribution in [0.5, 0.6) is 0 Å². The van der Waals surface area contributed by atoms with Crippen LogP contribution in [0.3, 0.4) is 0 Å². The predicted octanol–water partition coefficient (Wildman–Crippen LogP) is 9.52. The summed E-state index contributed by atoms with van der Waals surface area (Å²) in [5.41, 5.74) is 0. The van der Waals surface area contributed by atoms with Crippen molar-refractivity contribution < 1.29 is 69.0 Å². The highest BCUT2D eigenvalue weighted by Crippen LogP contribution is 2.27. The van der Waals surface area contributed by atoms with Crippen LogP contribution in [0.2, 0.25) is 0 Å². The molecule has 2 heterocycles. The summed E-state index contributed by atoms with van der Waals surface area (Å²) in [6.45, 7) is 3.57. The molecule has 7 N–H and O–H groups in total. The fourth-order valence-electron chi connectivity index (χ4n) is 8.81. The molecule has 0 spiro atoms. The van der Waals surface area contributed by atoms with Gasteiger partial charge in [-0.15, -0.1) is 0 Å². The lowest BCUT2D eigenvalue weighted by Gasteiger charge is -2.42. The van der Waals surface area contributed by atoms with E-state index in [1.54, 1.807) is 0 Å². The summed E-state index contributed by atoms with van der Waals surface area (Å²) in [6, 6.07) is 0. The van der Waals surface area contributed by atoms with Gasteiger partial charge in [-0.25, -0.2) is 0 Å². The van der Waals surface area contributed by atoms with Gasteiger partial charge in [-0.2, -0.15) is 0 Å². The summed E-state index contributed by atoms with van der Waals surface area (Å²) >= 11 is 0. The summed E-state index contributed by atoms with van der Waals surface area (Å²) in [5.74, 6) is -0.378. The number of carbonyl (C=O) groups is 1. The summed E-state index contributed by atoms with van der Waals surface area (Å²) in [7, 11) is 0. The number of rotatable bonds is 45. The van der Waals surface area contributed by atoms with E-state index in [1.165, 1.54) is 109 Å². The Kier molecular flexibility index (Phi) is 40.6. The van der Waals surface area contributed by atoms with Crippen LogP contribution in [-0.4, -0.2) is 142 Å². The van der Waals surface area contributed by atoms with Gasteiger partial charge in [-0.3, -0.25) is 4.79 Å². The van der Waals surface area contributed by atoms with Crippen molar-refractivity contribution in [2.75, 3.05) is 33.0 Å². The third-order valence-electron chi connectivity index (χ3n) is 13.4. The molecule has 11 atom stereocenters. The Morgan fingerprint density at radius 2 is 0.915 bits per heavy atom. The maximum Gasteiger partial charge on any atom is 0.306 e. The average molecular weight is 1010 g/mol. The molecule has 0 radical (unpaired) electrons. The summed E-state index contributed by atoms with van der Waals surface area (Å²) in [6.07, 6.45) is 35.9. The molecule has 71 heavy (non-hydrogen) atoms. The van der Waals surface area contributed by atoms with Crippen molar-refractivity contribution >= 4 is 5.97 Å². The molecule has 2 fully saturated rings. The Morgan fingerprint density at radius 3 is 1.44 bits per heavy atom. The minimum atomic E-state index is -1.71. The maximum absolute atomic E-state index is 13.1. The molecule has 2 rings (SSSR count). The van der Waals surface area contributed by atoms with E-state index >= 15 is 0 Å². The third kappa shape index (κ3) is 31.4. The van der Waals surface area contributed by atoms with Gasteiger partial charge in [0.05, 0.1) is 26.4 Å². The SMILES string of the molecule is CC/C=C\C/C=C\C/C=C\C/C=C\CCCCCCCCCOCC(COC1OC(COC2OC(CO)C(O)C(O)C2O)C(O)C(O)C1O)OC(=O)CCCCCCCCCCCCCCCCCCC. The number of ether oxygens (including phenoxy) is 6. The third-order valence-corrected chi connectivity index (χ3v) is 13.4. The quantitative estimate of drug-likeness (QED) is 0.0172. The first-order chi connectivity index (χ1) is 34.6. The Bertz CT molecular complexity index is 1360. The molecule has 0 saturated carbocycles. The smallest absolute Gasteiger partial charge is 0.306 e. The number of aliphatic hydroxyl groups is 7. The second kappa shape index (κ2) is 44.3. The molecule has 14 heteroatoms. The Morgan fingerprint density at radius 1 is 0.479 bits per heavy atom. The van der Waals surface area contributed by atoms with Gasteiger partial charge < -0.3 is 64.2 Å². The van der Waals surface area contributed by atoms with Crippen LogP contribution >= 0.6 is 0 Å². The Balaban J connectivity index is 1.73. The lowest BCUT2D eigenvalue weighted by atomic mass is 9.98. The first-order valence-electron chi connectivity index (χ1n) is 28.2. The van der Waals surface area contributed by atoms with E-state index in [0.717, 1.165) is 70.6 Å². The van der Waals surface area contributed by atoms with Crippen LogP contribution < -0.4 is 0 Å². The monoisotopic (exact) mass is 1010 g/mol. The second-order valence-electron chi connectivity index (χ2n) is 19.7. The molecular formula is C57H102O14. The van der Waals surface area contributed by atoms with Crippen molar-refractivity contribution in [2.24, 2.45) is 0 Å². The molecule has 2 aliphatic heterocycles. The highest BCUT2D eigenvalue weighted by Gasteiger charge is 2.47. The predicted molar refractivity (Wildman–Crippen MR) is 279 cm³/mol. The molecule has 0 aromatic carbocycles. The highest BCUT2D eigenvalue weighted by atomic mass is 16.7. The lowest BCUT2D eigenvalue weighted by molar-refractivity contribution is -0.332. The van der Waals surface area contributed by atoms with Crippen LogP contribution in [0.4, 0.5) is 0 Å². The first-order valence-corrected chi connectivity index (χ1v) is 28.2. The minimum Gasteiger partial charge on any atom is -0.457 e. The number of esters is 1. The fourth-order valence-corrected chi connectivity index (χ4v) is 8.81. The van der Waals surface area contributed by atoms with E-state index in [2.05, 4.69) is 62.5 Å². The van der Waals surface area contributed by atoms with Crippen molar-refractivity contribution in [2.45, 2.75) is 274 Å². The average Bonchev–Trinajstić information content (AvgIpc) is 3.37.